The summed E-state index contributed by atoms with van der Waals surface area (Å²) in [4.78, 5) is 45.4. The highest BCUT2D eigenvalue weighted by atomic mass is 19.1. The Bertz CT molecular complexity index is 1620. The number of carbonyl (C=O) groups is 3. The molecular weight excluding hydrogens is 665 g/mol. The van der Waals surface area contributed by atoms with E-state index in [1.54, 1.807) is 22.8 Å². The first-order valence-corrected chi connectivity index (χ1v) is 18.8. The monoisotopic (exact) mass is 719 g/mol. The van der Waals surface area contributed by atoms with E-state index in [1.165, 1.54) is 23.1 Å². The van der Waals surface area contributed by atoms with Crippen LogP contribution < -0.4 is 15.4 Å². The standard InChI is InChI=1S/C39H54FN7O5/c1-27(2)23-31-38(50)47-22-14-18-32(47)39(51)45(3)33(24-28-15-9-8-10-16-28)36(48)41-20-11-6-4-5-7-12-21-46-25-29(43-44-46)26-52-34-19-13-17-30(40)35(34)37(49)42-31/h8-10,13,15-17,19,25,27,31-33,36,41,48H,4-7,11-12,14,18,20-24,26H2,1-3H3,(H,42,49)/t31-,32-,33+,36?/m1/s1. The molecule has 1 unspecified atom stereocenters. The van der Waals surface area contributed by atoms with Crippen LogP contribution in [-0.2, 0) is 29.2 Å². The van der Waals surface area contributed by atoms with Crippen LogP contribution in [0.25, 0.3) is 0 Å². The Kier molecular flexibility index (Phi) is 14.1. The number of carbonyl (C=O) groups excluding carboxylic acids is 3. The number of benzene rings is 2. The van der Waals surface area contributed by atoms with Crippen LogP contribution in [0.4, 0.5) is 4.39 Å². The normalized spacial score (nSPS) is 23.5. The fraction of sp³-hybridized carbons (Fsp3) is 0.564. The molecule has 1 saturated heterocycles. The Balaban J connectivity index is 1.41. The number of halogens is 1. The lowest BCUT2D eigenvalue weighted by Gasteiger charge is -2.37. The second-order valence-corrected chi connectivity index (χ2v) is 14.4. The molecule has 2 aromatic carbocycles. The first kappa shape index (κ1) is 38.9. The summed E-state index contributed by atoms with van der Waals surface area (Å²) >= 11 is 0. The largest absolute Gasteiger partial charge is 0.486 e. The third-order valence-electron chi connectivity index (χ3n) is 9.96. The lowest BCUT2D eigenvalue weighted by atomic mass is 10.0. The van der Waals surface area contributed by atoms with Crippen molar-refractivity contribution in [1.29, 1.82) is 0 Å². The van der Waals surface area contributed by atoms with Crippen molar-refractivity contribution in [2.24, 2.45) is 5.92 Å². The highest BCUT2D eigenvalue weighted by Gasteiger charge is 2.41. The number of nitrogens with zero attached hydrogens (tertiary/aromatic N) is 5. The van der Waals surface area contributed by atoms with Crippen LogP contribution in [0.15, 0.2) is 54.7 Å². The molecule has 0 spiro atoms. The van der Waals surface area contributed by atoms with Crippen LogP contribution >= 0.6 is 0 Å². The number of aryl methyl sites for hydroxylation is 1. The lowest BCUT2D eigenvalue weighted by molar-refractivity contribution is -0.147. The number of aliphatic hydroxyl groups is 1. The van der Waals surface area contributed by atoms with Gasteiger partial charge in [-0.3, -0.25) is 24.4 Å². The maximum absolute atomic E-state index is 15.3. The molecule has 282 valence electrons. The zero-order valence-corrected chi connectivity index (χ0v) is 30.7. The van der Waals surface area contributed by atoms with Gasteiger partial charge in [-0.2, -0.15) is 0 Å². The Hall–Kier alpha value is -4.36. The van der Waals surface area contributed by atoms with Crippen molar-refractivity contribution in [2.75, 3.05) is 20.1 Å². The van der Waals surface area contributed by atoms with Crippen molar-refractivity contribution >= 4 is 17.7 Å². The Morgan fingerprint density at radius 3 is 2.46 bits per heavy atom. The number of amides is 3. The second-order valence-electron chi connectivity index (χ2n) is 14.4. The van der Waals surface area contributed by atoms with Crippen LogP contribution in [0.3, 0.4) is 0 Å². The topological polar surface area (TPSA) is 142 Å². The number of aliphatic hydroxyl groups excluding tert-OH is 1. The maximum Gasteiger partial charge on any atom is 0.258 e. The highest BCUT2D eigenvalue weighted by Crippen LogP contribution is 2.26. The summed E-state index contributed by atoms with van der Waals surface area (Å²) in [5, 5.41) is 25.9. The first-order chi connectivity index (χ1) is 25.1. The average Bonchev–Trinajstić information content (AvgIpc) is 3.81. The van der Waals surface area contributed by atoms with Gasteiger partial charge in [0.2, 0.25) is 11.8 Å². The summed E-state index contributed by atoms with van der Waals surface area (Å²) in [6, 6.07) is 11.5. The number of aromatic nitrogens is 3. The van der Waals surface area contributed by atoms with Crippen LogP contribution in [-0.4, -0.2) is 92.1 Å². The molecule has 3 heterocycles. The lowest BCUT2D eigenvalue weighted by Crippen LogP contribution is -2.58. The molecule has 2 bridgehead atoms. The minimum absolute atomic E-state index is 0.00411. The fourth-order valence-corrected chi connectivity index (χ4v) is 7.13. The van der Waals surface area contributed by atoms with Crippen molar-refractivity contribution < 1.29 is 28.6 Å². The van der Waals surface area contributed by atoms with E-state index in [-0.39, 0.29) is 36.2 Å². The minimum Gasteiger partial charge on any atom is -0.486 e. The fourth-order valence-electron chi connectivity index (χ4n) is 7.13. The highest BCUT2D eigenvalue weighted by molar-refractivity contribution is 6.00. The van der Waals surface area contributed by atoms with Gasteiger partial charge in [0, 0.05) is 20.1 Å². The molecule has 12 nitrogen and oxygen atoms in total. The number of hydrogen-bond acceptors (Lipinski definition) is 8. The summed E-state index contributed by atoms with van der Waals surface area (Å²) in [6.45, 7) is 5.49. The van der Waals surface area contributed by atoms with Crippen LogP contribution in [0.2, 0.25) is 0 Å². The Labute approximate surface area is 306 Å². The molecule has 3 aromatic rings. The third kappa shape index (κ3) is 10.4. The van der Waals surface area contributed by atoms with E-state index in [4.69, 9.17) is 4.74 Å². The first-order valence-electron chi connectivity index (χ1n) is 18.8. The molecule has 13 heteroatoms. The van der Waals surface area contributed by atoms with Gasteiger partial charge in [0.15, 0.2) is 0 Å². The van der Waals surface area contributed by atoms with Gasteiger partial charge in [0.05, 0.1) is 12.2 Å². The summed E-state index contributed by atoms with van der Waals surface area (Å²) in [5.41, 5.74) is 1.21. The molecule has 5 rings (SSSR count). The smallest absolute Gasteiger partial charge is 0.258 e. The molecule has 0 saturated carbocycles. The van der Waals surface area contributed by atoms with E-state index in [0.29, 0.717) is 44.6 Å². The van der Waals surface area contributed by atoms with E-state index >= 15 is 4.39 Å². The molecule has 0 aliphatic carbocycles. The zero-order valence-electron chi connectivity index (χ0n) is 30.7. The average molecular weight is 720 g/mol. The quantitative estimate of drug-likeness (QED) is 0.359. The SMILES string of the molecule is CC(C)C[C@H]1NC(=O)c2c(F)cccc2OCc2cn(nn2)CCCCCCCCNC(O)[C@H](Cc2ccccc2)N(C)C(=O)[C@H]2CCCN2C1=O. The zero-order chi connectivity index (χ0) is 37.0. The van der Waals surface area contributed by atoms with E-state index in [0.717, 1.165) is 44.1 Å². The maximum atomic E-state index is 15.3. The Morgan fingerprint density at radius 1 is 0.942 bits per heavy atom. The van der Waals surface area contributed by atoms with Crippen molar-refractivity contribution in [3.05, 3.63) is 77.4 Å². The molecule has 52 heavy (non-hydrogen) atoms. The van der Waals surface area contributed by atoms with Crippen LogP contribution in [0.1, 0.15) is 93.3 Å². The van der Waals surface area contributed by atoms with Crippen molar-refractivity contribution in [3.63, 3.8) is 0 Å². The molecule has 1 fully saturated rings. The number of rotatable bonds is 4. The van der Waals surface area contributed by atoms with Gasteiger partial charge in [-0.05, 0) is 68.7 Å². The second kappa shape index (κ2) is 18.9. The van der Waals surface area contributed by atoms with E-state index < -0.39 is 42.0 Å². The summed E-state index contributed by atoms with van der Waals surface area (Å²) < 4.78 is 23.0. The molecular formula is C39H54FN7O5. The van der Waals surface area contributed by atoms with Gasteiger partial charge in [-0.15, -0.1) is 5.10 Å². The molecule has 4 atom stereocenters. The van der Waals surface area contributed by atoms with Gasteiger partial charge in [-0.1, -0.05) is 81.1 Å². The van der Waals surface area contributed by atoms with Gasteiger partial charge < -0.3 is 25.0 Å². The molecule has 2 aliphatic heterocycles. The summed E-state index contributed by atoms with van der Waals surface area (Å²) in [6.07, 6.45) is 8.57. The minimum atomic E-state index is -1.01. The summed E-state index contributed by atoms with van der Waals surface area (Å²) in [5.74, 6) is -2.21. The molecule has 3 N–H and O–H groups in total. The molecule has 3 amide bonds. The number of likely N-dealkylation sites (N-methyl/N-ethyl adjacent to an activating group) is 1. The molecule has 1 aromatic heterocycles. The number of nitrogens with one attached hydrogen (secondary N) is 2. The van der Waals surface area contributed by atoms with Gasteiger partial charge >= 0.3 is 0 Å². The summed E-state index contributed by atoms with van der Waals surface area (Å²) in [7, 11) is 1.68. The van der Waals surface area contributed by atoms with Crippen molar-refractivity contribution in [1.82, 2.24) is 35.4 Å². The predicted octanol–water partition coefficient (Wildman–Crippen LogP) is 4.46. The van der Waals surface area contributed by atoms with Crippen LogP contribution in [0, 0.1) is 11.7 Å². The molecule has 0 radical (unpaired) electrons. The third-order valence-corrected chi connectivity index (χ3v) is 9.96. The predicted molar refractivity (Wildman–Crippen MR) is 195 cm³/mol. The van der Waals surface area contributed by atoms with Gasteiger partial charge in [-0.25, -0.2) is 4.39 Å². The van der Waals surface area contributed by atoms with Crippen molar-refractivity contribution in [3.8, 4) is 5.75 Å². The number of fused-ring (bicyclic) bond motifs is 4. The van der Waals surface area contributed by atoms with E-state index in [2.05, 4.69) is 20.9 Å². The van der Waals surface area contributed by atoms with Gasteiger partial charge in [0.25, 0.3) is 5.91 Å². The van der Waals surface area contributed by atoms with Gasteiger partial charge in [0.1, 0.15) is 47.7 Å². The van der Waals surface area contributed by atoms with E-state index in [9.17, 15) is 19.5 Å². The van der Waals surface area contributed by atoms with Crippen molar-refractivity contribution in [2.45, 2.75) is 116 Å². The number of ether oxygens (including phenoxy) is 1. The van der Waals surface area contributed by atoms with Crippen LogP contribution in [0.5, 0.6) is 5.75 Å². The molecule has 2 aliphatic rings. The number of hydrogen-bond donors (Lipinski definition) is 3. The van der Waals surface area contributed by atoms with E-state index in [1.807, 2.05) is 44.2 Å². The Morgan fingerprint density at radius 2 is 1.69 bits per heavy atom.